The first-order chi connectivity index (χ1) is 52.9. The lowest BCUT2D eigenvalue weighted by molar-refractivity contribution is -0.778. The molecule has 55 nitrogen and oxygen atoms in total. The van der Waals surface area contributed by atoms with Crippen LogP contribution in [0, 0.1) is 0 Å². The number of methoxy groups -OCH3 is 12. The zero-order valence-electron chi connectivity index (χ0n) is 59.3. The molecule has 0 amide bonds. The fourth-order valence-electron chi connectivity index (χ4n) is 12.4. The molecule has 0 aromatic rings. The fourth-order valence-corrected chi connectivity index (χ4v) is 15.2. The van der Waals surface area contributed by atoms with Gasteiger partial charge in [0.25, 0.3) is 0 Å². The molecule has 63 heteroatoms. The molecule has 6 aliphatic heterocycles. The molecule has 0 saturated carbocycles. The largest absolute Gasteiger partial charge is 0.726 e. The molecule has 0 aliphatic carbocycles. The summed E-state index contributed by atoms with van der Waals surface area (Å²) in [4.78, 5) is 0. The third-order valence-corrected chi connectivity index (χ3v) is 20.0. The van der Waals surface area contributed by atoms with E-state index in [-0.39, 0.29) is 13.2 Å². The summed E-state index contributed by atoms with van der Waals surface area (Å²) in [7, 11) is -8.45. The Balaban J connectivity index is 1.40. The Morgan fingerprint density at radius 3 is 0.739 bits per heavy atom. The SMILES string of the molecule is COCC1OC(O[C@H]2C(OC)C(OC)[C@@H](O[C@H]3C(OC)C(OC)[C@H](OC)O[C@H]3COC)O[C@H]2COC)[C@@H](OC)[C@@H](OC)[C@@H]1O[C@@H]1OC(COS(=O)(=O)[O-])[C@@H](O[C@@H]2O[C@@H](COS(=O)(=O)[O-])[C@@H](O[C@H]3O[C@@H](COS(=O)(=O)[O-])[C@@H](OSOO[O-])C(OSOO[O-])C3OSOO[O-])C(OSOO[O-])C2OS(=O)(=O)[O-])[C@H](OC)C1OC. The van der Waals surface area contributed by atoms with E-state index in [1.165, 1.54) is 71.1 Å². The van der Waals surface area contributed by atoms with Crippen molar-refractivity contribution in [2.45, 2.75) is 184 Å². The molecule has 0 bridgehead atoms. The van der Waals surface area contributed by atoms with E-state index in [9.17, 15) is 72.9 Å². The molecule has 6 rings (SSSR count). The van der Waals surface area contributed by atoms with Gasteiger partial charge in [-0.1, -0.05) is 0 Å². The van der Waals surface area contributed by atoms with Gasteiger partial charge in [-0.2, -0.15) is 0 Å². The van der Waals surface area contributed by atoms with Crippen molar-refractivity contribution < 1.29 is 253 Å². The summed E-state index contributed by atoms with van der Waals surface area (Å²) in [5.41, 5.74) is 0. The Kier molecular flexibility index (Phi) is 43.5. The van der Waals surface area contributed by atoms with Crippen LogP contribution in [-0.4, -0.2) is 361 Å². The van der Waals surface area contributed by atoms with E-state index in [0.717, 1.165) is 14.2 Å². The summed E-state index contributed by atoms with van der Waals surface area (Å²) in [6.07, 6.45) is -53.2. The zero-order valence-corrected chi connectivity index (χ0v) is 65.8. The molecule has 12 unspecified atom stereocenters. The first kappa shape index (κ1) is 99.1. The average molecular weight is 1790 g/mol. The molecule has 6 heterocycles. The quantitative estimate of drug-likeness (QED) is 0.0136. The Morgan fingerprint density at radius 1 is 0.252 bits per heavy atom. The van der Waals surface area contributed by atoms with Crippen molar-refractivity contribution in [3.05, 3.63) is 0 Å². The molecule has 0 spiro atoms. The van der Waals surface area contributed by atoms with Crippen LogP contribution < -0.4 is 21.0 Å². The molecular weight excluding hydrogens is 1710 g/mol. The van der Waals surface area contributed by atoms with Crippen molar-refractivity contribution in [3.8, 4) is 0 Å². The Morgan fingerprint density at radius 2 is 0.477 bits per heavy atom. The summed E-state index contributed by atoms with van der Waals surface area (Å²) >= 11 is -1.90. The van der Waals surface area contributed by atoms with Crippen LogP contribution in [0.15, 0.2) is 0 Å². The second-order valence-corrected chi connectivity index (χ2v) is 28.6. The van der Waals surface area contributed by atoms with Crippen LogP contribution in [-0.2, 0) is 221 Å². The molecule has 0 N–H and O–H groups in total. The molecule has 111 heavy (non-hydrogen) atoms. The first-order valence-corrected chi connectivity index (χ1v) is 38.9. The number of hydrogen-bond acceptors (Lipinski definition) is 59. The smallest absolute Gasteiger partial charge is 0.218 e. The molecule has 6 aliphatic rings. The average Bonchev–Trinajstić information content (AvgIpc) is 0.762. The Bertz CT molecular complexity index is 3080. The lowest BCUT2D eigenvalue weighted by Gasteiger charge is -2.52. The van der Waals surface area contributed by atoms with Gasteiger partial charge in [0, 0.05) is 85.3 Å². The normalized spacial score (nSPS) is 37.5. The highest BCUT2D eigenvalue weighted by Crippen LogP contribution is 2.44. The van der Waals surface area contributed by atoms with Crippen molar-refractivity contribution in [2.24, 2.45) is 0 Å². The van der Waals surface area contributed by atoms with Gasteiger partial charge in [0.1, 0.15) is 134 Å². The van der Waals surface area contributed by atoms with Crippen LogP contribution in [0.3, 0.4) is 0 Å². The minimum Gasteiger partial charge on any atom is -0.726 e. The van der Waals surface area contributed by atoms with Gasteiger partial charge in [-0.05, 0) is 0 Å². The lowest BCUT2D eigenvalue weighted by atomic mass is 9.94. The minimum absolute atomic E-state index is 0.0173. The molecule has 30 atom stereocenters. The van der Waals surface area contributed by atoms with Crippen LogP contribution in [0.25, 0.3) is 0 Å². The maximum Gasteiger partial charge on any atom is 0.218 e. The maximum atomic E-state index is 13.0. The second-order valence-electron chi connectivity index (χ2n) is 22.6. The van der Waals surface area contributed by atoms with E-state index in [2.05, 4.69) is 50.0 Å². The molecule has 0 aromatic heterocycles. The van der Waals surface area contributed by atoms with E-state index >= 15 is 0 Å². The van der Waals surface area contributed by atoms with Gasteiger partial charge < -0.3 is 148 Å². The van der Waals surface area contributed by atoms with Gasteiger partial charge in [-0.3, -0.25) is 53.6 Å². The van der Waals surface area contributed by atoms with E-state index in [1.807, 2.05) is 0 Å². The monoisotopic (exact) mass is 1790 g/mol. The fraction of sp³-hybridized carbons (Fsp3) is 1.00. The molecular formula is C48H78O55S8-8. The van der Waals surface area contributed by atoms with Crippen LogP contribution in [0.4, 0.5) is 0 Å². The minimum atomic E-state index is -6.32. The standard InChI is InChI=1S/C48H86O55S8/c1-65-13-19-25(31(68-4)37(72-8)43(76-12)80-19)86-44-38(73-9)32(69-5)26(20(81-44)14-66-2)87-45-39(74-10)33(70-6)27(21(82-45)15-67-3)88-46-40(75-11)34(71-7)28(22(83-46)16-77-108(53,54)55)89-48-42(95-111(62,63)64)35(92-105-101-97-50)29(23(84-48)17-78-109(56,57)58)90-47-41(94-107-103-99-52)36(93-106-102-98-51)30(91-104-100-96-49)24(85-47)18-79-110(59,60)61/h19-52H,13-18H2,1-12H3,(H,53,54,55)(H,56,57,58)(H,59,60,61)(H,62,63,64)/p-8/t19-,20-,21?,22?,23-,24-,25+,26+,27+,28+,29+,30+,31?,32?,33-,34-,35?,36?,37?,38?,39-,40?,41?,42?,43+,44+,45?,46-,47+,48-/m0/s1. The number of ether oxygens (including phenoxy) is 23. The van der Waals surface area contributed by atoms with Crippen molar-refractivity contribution in [1.29, 1.82) is 0 Å². The second kappa shape index (κ2) is 48.7. The predicted molar refractivity (Wildman–Crippen MR) is 325 cm³/mol. The Labute approximate surface area is 649 Å². The van der Waals surface area contributed by atoms with Crippen LogP contribution in [0.5, 0.6) is 0 Å². The molecule has 0 aromatic carbocycles. The van der Waals surface area contributed by atoms with Gasteiger partial charge in [0.15, 0.2) is 99.2 Å². The highest BCUT2D eigenvalue weighted by Gasteiger charge is 2.62. The summed E-state index contributed by atoms with van der Waals surface area (Å²) in [5, 5.41) is 57.0. The van der Waals surface area contributed by atoms with Gasteiger partial charge >= 0.3 is 0 Å². The summed E-state index contributed by atoms with van der Waals surface area (Å²) in [5.74, 6) is 0. The summed E-state index contributed by atoms with van der Waals surface area (Å²) in [6, 6.07) is 0. The van der Waals surface area contributed by atoms with E-state index in [1.54, 1.807) is 0 Å². The van der Waals surface area contributed by atoms with Gasteiger partial charge in [-0.15, -0.1) is 17.3 Å². The van der Waals surface area contributed by atoms with E-state index < -0.39 is 302 Å². The van der Waals surface area contributed by atoms with Crippen LogP contribution >= 0.6 is 49.3 Å². The molecule has 6 fully saturated rings. The maximum absolute atomic E-state index is 13.0. The molecule has 6 saturated heterocycles. The first-order valence-electron chi connectivity index (χ1n) is 30.9. The summed E-state index contributed by atoms with van der Waals surface area (Å²) < 4.78 is 344. The van der Waals surface area contributed by atoms with E-state index in [0.29, 0.717) is 0 Å². The highest BCUT2D eigenvalue weighted by atomic mass is 32.3. The van der Waals surface area contributed by atoms with E-state index in [4.69, 9.17) is 130 Å². The Hall–Kier alpha value is -0.680. The van der Waals surface area contributed by atoms with Crippen molar-refractivity contribution in [1.82, 2.24) is 0 Å². The summed E-state index contributed by atoms with van der Waals surface area (Å²) in [6.45, 7) is -5.37. The molecule has 656 valence electrons. The van der Waals surface area contributed by atoms with Gasteiger partial charge in [0.2, 0.25) is 41.6 Å². The lowest BCUT2D eigenvalue weighted by Crippen LogP contribution is -2.69. The molecule has 0 radical (unpaired) electrons. The third-order valence-electron chi connectivity index (χ3n) is 16.6. The number of rotatable bonds is 52. The van der Waals surface area contributed by atoms with Crippen molar-refractivity contribution in [3.63, 3.8) is 0 Å². The highest BCUT2D eigenvalue weighted by molar-refractivity contribution is 7.90. The van der Waals surface area contributed by atoms with Crippen LogP contribution in [0.2, 0.25) is 0 Å². The topological polar surface area (TPSA) is 681 Å². The predicted octanol–water partition coefficient (Wildman–Crippen LogP) is -9.07. The van der Waals surface area contributed by atoms with Crippen molar-refractivity contribution in [2.75, 3.05) is 125 Å². The zero-order chi connectivity index (χ0) is 82.0. The number of hydrogen-bond donors (Lipinski definition) is 0. The van der Waals surface area contributed by atoms with Gasteiger partial charge in [-0.25, -0.2) is 33.7 Å². The third kappa shape index (κ3) is 28.7. The van der Waals surface area contributed by atoms with Crippen LogP contribution in [0.1, 0.15) is 0 Å². The van der Waals surface area contributed by atoms with Crippen molar-refractivity contribution >= 4 is 90.9 Å². The van der Waals surface area contributed by atoms with Gasteiger partial charge in [0.05, 0.1) is 39.6 Å².